The number of hydrogen-bond donors (Lipinski definition) is 0. The Morgan fingerprint density at radius 2 is 2.14 bits per heavy atom. The lowest BCUT2D eigenvalue weighted by atomic mass is 10.1. The van der Waals surface area contributed by atoms with Gasteiger partial charge in [0.25, 0.3) is 0 Å². The van der Waals surface area contributed by atoms with Crippen molar-refractivity contribution in [3.63, 3.8) is 0 Å². The van der Waals surface area contributed by atoms with Gasteiger partial charge in [-0.25, -0.2) is 0 Å². The molecule has 0 N–H and O–H groups in total. The van der Waals surface area contributed by atoms with Gasteiger partial charge in [0.15, 0.2) is 0 Å². The number of morpholine rings is 1. The van der Waals surface area contributed by atoms with Crippen molar-refractivity contribution in [3.8, 4) is 0 Å². The SMILES string of the molecule is O=C(CCc1ccccc1)N1CCO[C@@H](c2cnccn2)C1. The van der Waals surface area contributed by atoms with E-state index in [-0.39, 0.29) is 12.0 Å². The first-order valence-electron chi connectivity index (χ1n) is 7.52. The molecule has 3 rings (SSSR count). The molecule has 0 unspecified atom stereocenters. The van der Waals surface area contributed by atoms with Crippen LogP contribution < -0.4 is 0 Å². The predicted octanol–water partition coefficient (Wildman–Crippen LogP) is 2.01. The first kappa shape index (κ1) is 14.7. The molecule has 0 aliphatic carbocycles. The number of aryl methyl sites for hydroxylation is 1. The summed E-state index contributed by atoms with van der Waals surface area (Å²) in [7, 11) is 0. The second-order valence-corrected chi connectivity index (χ2v) is 5.32. The summed E-state index contributed by atoms with van der Waals surface area (Å²) in [5.41, 5.74) is 1.97. The minimum absolute atomic E-state index is 0.168. The molecule has 2 heterocycles. The van der Waals surface area contributed by atoms with E-state index in [2.05, 4.69) is 22.1 Å². The maximum Gasteiger partial charge on any atom is 0.223 e. The van der Waals surface area contributed by atoms with Crippen molar-refractivity contribution in [1.82, 2.24) is 14.9 Å². The van der Waals surface area contributed by atoms with E-state index in [1.807, 2.05) is 23.1 Å². The summed E-state index contributed by atoms with van der Waals surface area (Å²) in [5.74, 6) is 0.168. The molecule has 1 amide bonds. The Labute approximate surface area is 130 Å². The summed E-state index contributed by atoms with van der Waals surface area (Å²) in [4.78, 5) is 22.6. The molecule has 0 bridgehead atoms. The van der Waals surface area contributed by atoms with Crippen LogP contribution in [0.1, 0.15) is 23.8 Å². The van der Waals surface area contributed by atoms with E-state index >= 15 is 0 Å². The van der Waals surface area contributed by atoms with Crippen LogP contribution in [0.5, 0.6) is 0 Å². The van der Waals surface area contributed by atoms with Gasteiger partial charge in [-0.1, -0.05) is 30.3 Å². The highest BCUT2D eigenvalue weighted by Crippen LogP contribution is 2.20. The molecule has 0 radical (unpaired) electrons. The third kappa shape index (κ3) is 3.68. The molecule has 1 atom stereocenters. The molecule has 5 heteroatoms. The second-order valence-electron chi connectivity index (χ2n) is 5.32. The number of rotatable bonds is 4. The molecule has 114 valence electrons. The van der Waals surface area contributed by atoms with E-state index in [1.165, 1.54) is 5.56 Å². The van der Waals surface area contributed by atoms with Crippen LogP contribution in [0.3, 0.4) is 0 Å². The molecule has 1 aromatic heterocycles. The van der Waals surface area contributed by atoms with Crippen LogP contribution in [0.2, 0.25) is 0 Å². The van der Waals surface area contributed by atoms with Crippen molar-refractivity contribution in [2.75, 3.05) is 19.7 Å². The highest BCUT2D eigenvalue weighted by Gasteiger charge is 2.26. The van der Waals surface area contributed by atoms with Crippen LogP contribution in [0.4, 0.5) is 0 Å². The minimum atomic E-state index is -0.178. The first-order valence-corrected chi connectivity index (χ1v) is 7.52. The van der Waals surface area contributed by atoms with Crippen molar-refractivity contribution < 1.29 is 9.53 Å². The molecule has 0 saturated carbocycles. The summed E-state index contributed by atoms with van der Waals surface area (Å²) in [6.45, 7) is 1.73. The number of benzene rings is 1. The Kier molecular flexibility index (Phi) is 4.75. The lowest BCUT2D eigenvalue weighted by molar-refractivity contribution is -0.139. The smallest absolute Gasteiger partial charge is 0.223 e. The largest absolute Gasteiger partial charge is 0.368 e. The molecule has 5 nitrogen and oxygen atoms in total. The molecule has 1 aliphatic rings. The Morgan fingerprint density at radius 3 is 2.91 bits per heavy atom. The zero-order chi connectivity index (χ0) is 15.2. The van der Waals surface area contributed by atoms with Gasteiger partial charge in [0, 0.05) is 25.4 Å². The van der Waals surface area contributed by atoms with Gasteiger partial charge in [-0.3, -0.25) is 14.8 Å². The standard InChI is InChI=1S/C17H19N3O2/c21-17(7-6-14-4-2-1-3-5-14)20-10-11-22-16(13-20)15-12-18-8-9-19-15/h1-5,8-9,12,16H,6-7,10-11,13H2/t16-/m1/s1. The average Bonchev–Trinajstić information content (AvgIpc) is 2.61. The molecule has 1 aliphatic heterocycles. The van der Waals surface area contributed by atoms with E-state index in [1.54, 1.807) is 18.6 Å². The number of hydrogen-bond acceptors (Lipinski definition) is 4. The number of carbonyl (C=O) groups excluding carboxylic acids is 1. The fourth-order valence-corrected chi connectivity index (χ4v) is 2.59. The number of amides is 1. The molecular weight excluding hydrogens is 278 g/mol. The third-order valence-electron chi connectivity index (χ3n) is 3.80. The third-order valence-corrected chi connectivity index (χ3v) is 3.80. The molecule has 1 fully saturated rings. The van der Waals surface area contributed by atoms with Crippen LogP contribution >= 0.6 is 0 Å². The highest BCUT2D eigenvalue weighted by atomic mass is 16.5. The van der Waals surface area contributed by atoms with Gasteiger partial charge in [0.1, 0.15) is 6.10 Å². The lowest BCUT2D eigenvalue weighted by Gasteiger charge is -2.32. The van der Waals surface area contributed by atoms with Crippen molar-refractivity contribution >= 4 is 5.91 Å². The number of ether oxygens (including phenoxy) is 1. The summed E-state index contributed by atoms with van der Waals surface area (Å²) < 4.78 is 5.71. The summed E-state index contributed by atoms with van der Waals surface area (Å²) in [6.07, 6.45) is 6.10. The lowest BCUT2D eigenvalue weighted by Crippen LogP contribution is -2.42. The van der Waals surface area contributed by atoms with Gasteiger partial charge >= 0.3 is 0 Å². The van der Waals surface area contributed by atoms with Gasteiger partial charge in [-0.2, -0.15) is 0 Å². The predicted molar refractivity (Wildman–Crippen MR) is 82.1 cm³/mol. The van der Waals surface area contributed by atoms with E-state index < -0.39 is 0 Å². The van der Waals surface area contributed by atoms with E-state index in [9.17, 15) is 4.79 Å². The highest BCUT2D eigenvalue weighted by molar-refractivity contribution is 5.76. The van der Waals surface area contributed by atoms with Gasteiger partial charge in [-0.15, -0.1) is 0 Å². The van der Waals surface area contributed by atoms with Gasteiger partial charge in [-0.05, 0) is 12.0 Å². The Morgan fingerprint density at radius 1 is 1.27 bits per heavy atom. The minimum Gasteiger partial charge on any atom is -0.368 e. The van der Waals surface area contributed by atoms with Gasteiger partial charge < -0.3 is 9.64 Å². The van der Waals surface area contributed by atoms with Crippen molar-refractivity contribution in [3.05, 3.63) is 60.2 Å². The van der Waals surface area contributed by atoms with Gasteiger partial charge in [0.05, 0.1) is 25.0 Å². The molecule has 1 aromatic carbocycles. The van der Waals surface area contributed by atoms with Gasteiger partial charge in [0.2, 0.25) is 5.91 Å². The maximum atomic E-state index is 12.4. The van der Waals surface area contributed by atoms with Crippen LogP contribution in [0.15, 0.2) is 48.9 Å². The molecule has 22 heavy (non-hydrogen) atoms. The monoisotopic (exact) mass is 297 g/mol. The fourth-order valence-electron chi connectivity index (χ4n) is 2.59. The van der Waals surface area contributed by atoms with Crippen molar-refractivity contribution in [1.29, 1.82) is 0 Å². The van der Waals surface area contributed by atoms with E-state index in [0.29, 0.717) is 26.1 Å². The van der Waals surface area contributed by atoms with Crippen LogP contribution in [-0.2, 0) is 16.0 Å². The number of carbonyl (C=O) groups is 1. The zero-order valence-electron chi connectivity index (χ0n) is 12.4. The Bertz CT molecular complexity index is 604. The quantitative estimate of drug-likeness (QED) is 0.866. The van der Waals surface area contributed by atoms with E-state index in [0.717, 1.165) is 12.1 Å². The number of nitrogens with zero attached hydrogens (tertiary/aromatic N) is 3. The van der Waals surface area contributed by atoms with E-state index in [4.69, 9.17) is 4.74 Å². The fraction of sp³-hybridized carbons (Fsp3) is 0.353. The molecule has 0 spiro atoms. The molecular formula is C17H19N3O2. The second kappa shape index (κ2) is 7.13. The normalized spacial score (nSPS) is 18.2. The summed E-state index contributed by atoms with van der Waals surface area (Å²) >= 11 is 0. The summed E-state index contributed by atoms with van der Waals surface area (Å²) in [6, 6.07) is 10.1. The van der Waals surface area contributed by atoms with Crippen LogP contribution in [0.25, 0.3) is 0 Å². The Balaban J connectivity index is 1.56. The maximum absolute atomic E-state index is 12.4. The van der Waals surface area contributed by atoms with Crippen LogP contribution in [0, 0.1) is 0 Å². The summed E-state index contributed by atoms with van der Waals surface area (Å²) in [5, 5.41) is 0. The molecule has 1 saturated heterocycles. The van der Waals surface area contributed by atoms with Crippen LogP contribution in [-0.4, -0.2) is 40.5 Å². The molecule has 2 aromatic rings. The topological polar surface area (TPSA) is 55.3 Å². The van der Waals surface area contributed by atoms with Crippen molar-refractivity contribution in [2.45, 2.75) is 18.9 Å². The zero-order valence-corrected chi connectivity index (χ0v) is 12.4. The number of aromatic nitrogens is 2. The average molecular weight is 297 g/mol. The van der Waals surface area contributed by atoms with Crippen molar-refractivity contribution in [2.24, 2.45) is 0 Å². The first-order chi connectivity index (χ1) is 10.8. The Hall–Kier alpha value is -2.27.